The molecule has 0 radical (unpaired) electrons. The van der Waals surface area contributed by atoms with Gasteiger partial charge in [-0.3, -0.25) is 0 Å². The molecule has 84 valence electrons. The number of hydrogen-bond acceptors (Lipinski definition) is 1. The van der Waals surface area contributed by atoms with Gasteiger partial charge in [-0.05, 0) is 5.41 Å². The number of thioether (sulfide) groups is 1. The van der Waals surface area contributed by atoms with Crippen LogP contribution in [-0.4, -0.2) is 18.3 Å². The molecule has 0 aliphatic rings. The molecule has 0 aliphatic carbocycles. The molecular weight excluding hydrogens is 210 g/mol. The molecule has 0 unspecified atom stereocenters. The number of allylic oxidation sites excluding steroid dienone is 1. The van der Waals surface area contributed by atoms with E-state index in [-0.39, 0.29) is 18.9 Å². The van der Waals surface area contributed by atoms with Crippen LogP contribution in [0.15, 0.2) is 11.5 Å². The van der Waals surface area contributed by atoms with E-state index in [1.54, 1.807) is 0 Å². The molecule has 0 amide bonds. The molecule has 0 aromatic heterocycles. The average molecular weight is 236 g/mol. The quantitative estimate of drug-likeness (QED) is 0.610. The van der Waals surface area contributed by atoms with Crippen LogP contribution >= 0.6 is 11.8 Å². The molecule has 0 nitrogen and oxygen atoms in total. The molecule has 0 bridgehead atoms. The fourth-order valence-corrected chi connectivity index (χ4v) is 6.10. The molecule has 0 fully saturated rings. The van der Waals surface area contributed by atoms with Gasteiger partial charge in [0, 0.05) is 5.25 Å². The topological polar surface area (TPSA) is 0 Å². The molecule has 0 rings (SSSR count). The first kappa shape index (κ1) is 18.6. The first-order valence-electron chi connectivity index (χ1n) is 6.12. The predicted octanol–water partition coefficient (Wildman–Crippen LogP) is 2.15. The summed E-state index contributed by atoms with van der Waals surface area (Å²) in [6, 6.07) is 0. The van der Waals surface area contributed by atoms with Crippen molar-refractivity contribution in [3.63, 3.8) is 0 Å². The molecule has 0 atom stereocenters. The van der Waals surface area contributed by atoms with Crippen molar-refractivity contribution in [2.45, 2.75) is 61.0 Å². The summed E-state index contributed by atoms with van der Waals surface area (Å²) in [4.78, 5) is 0. The summed E-state index contributed by atoms with van der Waals surface area (Å²) < 4.78 is 0. The molecule has 0 aromatic carbocycles. The number of hydrogen-bond donors (Lipinski definition) is 0. The van der Waals surface area contributed by atoms with E-state index in [1.165, 1.54) is 21.1 Å². The van der Waals surface area contributed by atoms with E-state index in [4.69, 9.17) is 0 Å². The molecule has 0 saturated heterocycles. The zero-order valence-corrected chi connectivity index (χ0v) is 13.5. The van der Waals surface area contributed by atoms with Crippen LogP contribution in [0.2, 0.25) is 21.1 Å². The van der Waals surface area contributed by atoms with Gasteiger partial charge < -0.3 is 0 Å². The standard InChI is InChI=1S/C6H11S.3C2H5.Al.Li/c1-4-5-7-6(2)3;3*1-2;;/h4-6H,1H2,2-3H3;3*1H2,2H3;;/q;;;;-1;+1/b5-4+;;;;;. The van der Waals surface area contributed by atoms with Crippen molar-refractivity contribution in [3.05, 3.63) is 11.5 Å². The summed E-state index contributed by atoms with van der Waals surface area (Å²) in [5, 5.41) is 8.87. The van der Waals surface area contributed by atoms with Gasteiger partial charge in [-0.1, -0.05) is 13.8 Å². The van der Waals surface area contributed by atoms with Crippen LogP contribution in [0.1, 0.15) is 34.6 Å². The van der Waals surface area contributed by atoms with Crippen LogP contribution in [0.5, 0.6) is 0 Å². The van der Waals surface area contributed by atoms with E-state index in [0.29, 0.717) is 0 Å². The summed E-state index contributed by atoms with van der Waals surface area (Å²) in [7, 11) is 0. The predicted molar refractivity (Wildman–Crippen MR) is 73.9 cm³/mol. The maximum atomic E-state index is 2.44. The van der Waals surface area contributed by atoms with Gasteiger partial charge in [0.25, 0.3) is 0 Å². The SMILES string of the molecule is C[CH2][Al-]([CH2]C)([CH2]C)[CH2]/C=C/SC(C)C.[Li+]. The summed E-state index contributed by atoms with van der Waals surface area (Å²) in [5.41, 5.74) is 0. The van der Waals surface area contributed by atoms with Crippen LogP contribution in [0.25, 0.3) is 0 Å². The minimum atomic E-state index is -1.18. The fraction of sp³-hybridized carbons (Fsp3) is 0.833. The van der Waals surface area contributed by atoms with Gasteiger partial charge in [0.05, 0.1) is 0 Å². The largest absolute Gasteiger partial charge is 1.00 e. The van der Waals surface area contributed by atoms with Crippen molar-refractivity contribution >= 4 is 24.8 Å². The summed E-state index contributed by atoms with van der Waals surface area (Å²) in [5.74, 6) is 0. The molecule has 0 spiro atoms. The van der Waals surface area contributed by atoms with E-state index in [2.05, 4.69) is 46.1 Å². The van der Waals surface area contributed by atoms with E-state index in [1.807, 2.05) is 11.8 Å². The van der Waals surface area contributed by atoms with Gasteiger partial charge in [0.1, 0.15) is 13.1 Å². The molecule has 0 heterocycles. The van der Waals surface area contributed by atoms with Crippen LogP contribution in [-0.2, 0) is 0 Å². The van der Waals surface area contributed by atoms with Crippen LogP contribution in [0.3, 0.4) is 0 Å². The molecule has 0 aliphatic heterocycles. The smallest absolute Gasteiger partial charge is 0.194 e. The third kappa shape index (κ3) is 8.01. The molecule has 15 heavy (non-hydrogen) atoms. The van der Waals surface area contributed by atoms with Gasteiger partial charge in [0.2, 0.25) is 0 Å². The van der Waals surface area contributed by atoms with Crippen LogP contribution < -0.4 is 18.9 Å². The normalized spacial score (nSPS) is 12.1. The Bertz CT molecular complexity index is 157. The third-order valence-corrected chi connectivity index (χ3v) is 11.0. The van der Waals surface area contributed by atoms with E-state index in [0.717, 1.165) is 5.25 Å². The molecule has 0 N–H and O–H groups in total. The van der Waals surface area contributed by atoms with Gasteiger partial charge in [-0.25, -0.2) is 0 Å². The number of rotatable bonds is 7. The van der Waals surface area contributed by atoms with Crippen molar-refractivity contribution in [1.29, 1.82) is 0 Å². The second kappa shape index (κ2) is 10.4. The Labute approximate surface area is 116 Å². The Morgan fingerprint density at radius 2 is 1.53 bits per heavy atom. The zero-order chi connectivity index (χ0) is 11.0. The molecule has 0 aromatic rings. The van der Waals surface area contributed by atoms with E-state index >= 15 is 0 Å². The second-order valence-electron chi connectivity index (χ2n) is 4.75. The monoisotopic (exact) mass is 236 g/mol. The molecule has 0 saturated carbocycles. The first-order valence-corrected chi connectivity index (χ1v) is 10.3. The Hall–Kier alpha value is 1.22. The third-order valence-electron chi connectivity index (χ3n) is 3.68. The second-order valence-corrected chi connectivity index (χ2v) is 12.6. The van der Waals surface area contributed by atoms with Crippen molar-refractivity contribution in [1.82, 2.24) is 0 Å². The van der Waals surface area contributed by atoms with Gasteiger partial charge in [-0.2, -0.15) is 21.1 Å². The average Bonchev–Trinajstić information content (AvgIpc) is 2.19. The summed E-state index contributed by atoms with van der Waals surface area (Å²) in [6.07, 6.45) is 2.44. The maximum absolute atomic E-state index is 2.44. The minimum absolute atomic E-state index is 0. The van der Waals surface area contributed by atoms with Crippen molar-refractivity contribution < 1.29 is 18.9 Å². The van der Waals surface area contributed by atoms with E-state index in [9.17, 15) is 0 Å². The van der Waals surface area contributed by atoms with E-state index < -0.39 is 13.1 Å². The zero-order valence-electron chi connectivity index (χ0n) is 11.5. The molecular formula is C12H26AlLiS. The van der Waals surface area contributed by atoms with Crippen molar-refractivity contribution in [3.8, 4) is 0 Å². The molecule has 3 heteroatoms. The van der Waals surface area contributed by atoms with Crippen LogP contribution in [0, 0.1) is 0 Å². The maximum Gasteiger partial charge on any atom is 1.00 e. The van der Waals surface area contributed by atoms with Crippen LogP contribution in [0.4, 0.5) is 0 Å². The minimum Gasteiger partial charge on any atom is -0.194 e. The van der Waals surface area contributed by atoms with Gasteiger partial charge >= 0.3 is 18.9 Å². The Kier molecular flexibility index (Phi) is 12.9. The first-order chi connectivity index (χ1) is 6.60. The summed E-state index contributed by atoms with van der Waals surface area (Å²) >= 11 is 0.769. The Balaban J connectivity index is 0. The summed E-state index contributed by atoms with van der Waals surface area (Å²) in [6.45, 7) is 11.7. The Morgan fingerprint density at radius 1 is 1.07 bits per heavy atom. The van der Waals surface area contributed by atoms with Crippen molar-refractivity contribution in [2.24, 2.45) is 0 Å². The fourth-order valence-electron chi connectivity index (χ4n) is 1.92. The van der Waals surface area contributed by atoms with Gasteiger partial charge in [-0.15, -0.1) is 38.6 Å². The van der Waals surface area contributed by atoms with Gasteiger partial charge in [0.15, 0.2) is 0 Å². The Morgan fingerprint density at radius 3 is 1.87 bits per heavy atom. The van der Waals surface area contributed by atoms with Crippen molar-refractivity contribution in [2.75, 3.05) is 0 Å².